The molecule has 3 nitrogen and oxygen atoms in total. The third kappa shape index (κ3) is 3.47. The fourth-order valence-corrected chi connectivity index (χ4v) is 3.42. The summed E-state index contributed by atoms with van der Waals surface area (Å²) in [6.07, 6.45) is 3.13. The van der Waals surface area contributed by atoms with Crippen LogP contribution in [0.1, 0.15) is 45.6 Å². The van der Waals surface area contributed by atoms with Crippen LogP contribution in [0.5, 0.6) is 0 Å². The van der Waals surface area contributed by atoms with Crippen LogP contribution in [-0.4, -0.2) is 29.9 Å². The molecular weight excluding hydrogens is 377 g/mol. The van der Waals surface area contributed by atoms with Gasteiger partial charge in [0.15, 0.2) is 5.71 Å². The van der Waals surface area contributed by atoms with Gasteiger partial charge in [0.25, 0.3) is 6.47 Å². The molecule has 0 aromatic heterocycles. The van der Waals surface area contributed by atoms with E-state index in [1.54, 1.807) is 0 Å². The van der Waals surface area contributed by atoms with E-state index in [2.05, 4.69) is 66.1 Å². The molecular formula is C17H23INO2+. The number of ether oxygens (including phenoxy) is 1. The first-order valence-electron chi connectivity index (χ1n) is 7.45. The third-order valence-electron chi connectivity index (χ3n) is 4.44. The van der Waals surface area contributed by atoms with E-state index in [0.29, 0.717) is 13.1 Å². The minimum absolute atomic E-state index is 0.108. The lowest BCUT2D eigenvalue weighted by atomic mass is 9.82. The van der Waals surface area contributed by atoms with Gasteiger partial charge in [0.1, 0.15) is 6.54 Å². The van der Waals surface area contributed by atoms with Gasteiger partial charge in [-0.1, -0.05) is 0 Å². The van der Waals surface area contributed by atoms with Crippen molar-refractivity contribution >= 4 is 40.5 Å². The lowest BCUT2D eigenvalue weighted by Gasteiger charge is -2.14. The van der Waals surface area contributed by atoms with Crippen LogP contribution in [0, 0.1) is 3.57 Å². The molecule has 0 bridgehead atoms. The standard InChI is InChI=1S/C17H23INO2/c1-13-17(2,3)15-11-14(18)7-8-16(15)19(13)9-5-4-6-10-21-12-20/h7-8,11-12H,4-6,9-10H2,1-3H3/q+1. The highest BCUT2D eigenvalue weighted by Gasteiger charge is 2.42. The van der Waals surface area contributed by atoms with E-state index in [0.717, 1.165) is 25.8 Å². The van der Waals surface area contributed by atoms with E-state index in [1.807, 2.05) is 0 Å². The van der Waals surface area contributed by atoms with Crippen LogP contribution in [0.15, 0.2) is 18.2 Å². The zero-order valence-electron chi connectivity index (χ0n) is 13.0. The van der Waals surface area contributed by atoms with E-state index in [1.165, 1.54) is 20.5 Å². The van der Waals surface area contributed by atoms with Gasteiger partial charge >= 0.3 is 0 Å². The van der Waals surface area contributed by atoms with Crippen molar-refractivity contribution in [1.82, 2.24) is 0 Å². The minimum atomic E-state index is 0.108. The maximum Gasteiger partial charge on any atom is 0.293 e. The van der Waals surface area contributed by atoms with Crippen LogP contribution in [0.25, 0.3) is 0 Å². The molecule has 0 spiro atoms. The van der Waals surface area contributed by atoms with Gasteiger partial charge in [-0.15, -0.1) is 0 Å². The summed E-state index contributed by atoms with van der Waals surface area (Å²) in [6.45, 7) is 8.93. The molecule has 0 saturated carbocycles. The van der Waals surface area contributed by atoms with Crippen LogP contribution >= 0.6 is 22.6 Å². The summed E-state index contributed by atoms with van der Waals surface area (Å²) in [7, 11) is 0. The maximum absolute atomic E-state index is 10.1. The lowest BCUT2D eigenvalue weighted by Crippen LogP contribution is -2.26. The second-order valence-corrected chi connectivity index (χ2v) is 7.30. The van der Waals surface area contributed by atoms with Crippen LogP contribution in [0.4, 0.5) is 5.69 Å². The molecule has 0 radical (unpaired) electrons. The molecule has 0 aliphatic carbocycles. The molecule has 0 atom stereocenters. The fraction of sp³-hybridized carbons (Fsp3) is 0.529. The van der Waals surface area contributed by atoms with Crippen molar-refractivity contribution in [3.8, 4) is 0 Å². The summed E-state index contributed by atoms with van der Waals surface area (Å²) in [4.78, 5) is 10.1. The predicted molar refractivity (Wildman–Crippen MR) is 93.5 cm³/mol. The molecule has 1 heterocycles. The van der Waals surface area contributed by atoms with Crippen molar-refractivity contribution in [2.45, 2.75) is 45.4 Å². The van der Waals surface area contributed by atoms with E-state index in [9.17, 15) is 4.79 Å². The predicted octanol–water partition coefficient (Wildman–Crippen LogP) is 4.03. The number of fused-ring (bicyclic) bond motifs is 1. The minimum Gasteiger partial charge on any atom is -0.468 e. The molecule has 2 rings (SSSR count). The molecule has 0 saturated heterocycles. The topological polar surface area (TPSA) is 29.3 Å². The van der Waals surface area contributed by atoms with E-state index < -0.39 is 0 Å². The highest BCUT2D eigenvalue weighted by molar-refractivity contribution is 14.1. The summed E-state index contributed by atoms with van der Waals surface area (Å²) in [5, 5.41) is 0. The van der Waals surface area contributed by atoms with E-state index in [-0.39, 0.29) is 5.41 Å². The molecule has 0 amide bonds. The Bertz CT molecular complexity index is 564. The van der Waals surface area contributed by atoms with Gasteiger partial charge in [0.2, 0.25) is 5.69 Å². The van der Waals surface area contributed by atoms with Gasteiger partial charge in [0.05, 0.1) is 12.0 Å². The van der Waals surface area contributed by atoms with Crippen LogP contribution in [0.2, 0.25) is 0 Å². The van der Waals surface area contributed by atoms with E-state index in [4.69, 9.17) is 4.74 Å². The average molecular weight is 400 g/mol. The monoisotopic (exact) mass is 400 g/mol. The Morgan fingerprint density at radius 1 is 1.29 bits per heavy atom. The van der Waals surface area contributed by atoms with Crippen molar-refractivity contribution < 1.29 is 14.1 Å². The van der Waals surface area contributed by atoms with Crippen LogP contribution in [-0.2, 0) is 14.9 Å². The average Bonchev–Trinajstić information content (AvgIpc) is 2.63. The molecule has 0 fully saturated rings. The second-order valence-electron chi connectivity index (χ2n) is 6.05. The molecule has 114 valence electrons. The smallest absolute Gasteiger partial charge is 0.293 e. The number of halogens is 1. The fourth-order valence-electron chi connectivity index (χ4n) is 2.93. The molecule has 0 N–H and O–H groups in total. The van der Waals surface area contributed by atoms with Crippen LogP contribution in [0.3, 0.4) is 0 Å². The summed E-state index contributed by atoms with van der Waals surface area (Å²) in [6, 6.07) is 6.72. The Morgan fingerprint density at radius 2 is 2.05 bits per heavy atom. The van der Waals surface area contributed by atoms with Gasteiger partial charge in [0, 0.05) is 28.5 Å². The lowest BCUT2D eigenvalue weighted by molar-refractivity contribution is -0.439. The first-order valence-corrected chi connectivity index (χ1v) is 8.53. The number of carbonyl (C=O) groups is 1. The molecule has 1 aliphatic rings. The van der Waals surface area contributed by atoms with Crippen molar-refractivity contribution in [3.05, 3.63) is 27.3 Å². The number of hydrogen-bond donors (Lipinski definition) is 0. The van der Waals surface area contributed by atoms with Crippen molar-refractivity contribution in [1.29, 1.82) is 0 Å². The molecule has 1 aromatic rings. The highest BCUT2D eigenvalue weighted by Crippen LogP contribution is 2.40. The number of benzene rings is 1. The van der Waals surface area contributed by atoms with Crippen molar-refractivity contribution in [2.24, 2.45) is 0 Å². The zero-order chi connectivity index (χ0) is 15.5. The molecule has 1 aromatic carbocycles. The molecule has 1 aliphatic heterocycles. The number of rotatable bonds is 7. The molecule has 0 unspecified atom stereocenters. The summed E-state index contributed by atoms with van der Waals surface area (Å²) in [5.41, 5.74) is 4.30. The SMILES string of the molecule is CC1=[N+](CCCCCOC=O)c2ccc(I)cc2C1(C)C. The number of nitrogens with zero attached hydrogens (tertiary/aromatic N) is 1. The molecule has 4 heteroatoms. The summed E-state index contributed by atoms with van der Waals surface area (Å²) >= 11 is 2.38. The Hall–Kier alpha value is -0.910. The summed E-state index contributed by atoms with van der Waals surface area (Å²) < 4.78 is 8.47. The first kappa shape index (κ1) is 16.5. The van der Waals surface area contributed by atoms with Gasteiger partial charge < -0.3 is 4.74 Å². The maximum atomic E-state index is 10.1. The Kier molecular flexibility index (Phi) is 5.41. The largest absolute Gasteiger partial charge is 0.468 e. The second kappa shape index (κ2) is 6.90. The number of unbranched alkanes of at least 4 members (excludes halogenated alkanes) is 2. The quantitative estimate of drug-likeness (QED) is 0.299. The van der Waals surface area contributed by atoms with E-state index >= 15 is 0 Å². The highest BCUT2D eigenvalue weighted by atomic mass is 127. The summed E-state index contributed by atoms with van der Waals surface area (Å²) in [5.74, 6) is 0. The van der Waals surface area contributed by atoms with Gasteiger partial charge in [-0.05, 0) is 61.4 Å². The first-order chi connectivity index (χ1) is 9.98. The van der Waals surface area contributed by atoms with Gasteiger partial charge in [-0.25, -0.2) is 0 Å². The Morgan fingerprint density at radius 3 is 2.76 bits per heavy atom. The van der Waals surface area contributed by atoms with Gasteiger partial charge in [-0.2, -0.15) is 4.58 Å². The Labute approximate surface area is 140 Å². The normalized spacial score (nSPS) is 16.0. The molecule has 21 heavy (non-hydrogen) atoms. The van der Waals surface area contributed by atoms with Crippen LogP contribution < -0.4 is 0 Å². The van der Waals surface area contributed by atoms with Crippen molar-refractivity contribution in [3.63, 3.8) is 0 Å². The number of carbonyl (C=O) groups excluding carboxylic acids is 1. The van der Waals surface area contributed by atoms with Crippen molar-refractivity contribution in [2.75, 3.05) is 13.2 Å². The number of hydrogen-bond acceptors (Lipinski definition) is 2. The van der Waals surface area contributed by atoms with Gasteiger partial charge in [-0.3, -0.25) is 4.79 Å². The Balaban J connectivity index is 2.06. The zero-order valence-corrected chi connectivity index (χ0v) is 15.1. The third-order valence-corrected chi connectivity index (χ3v) is 5.12.